The van der Waals surface area contributed by atoms with E-state index in [2.05, 4.69) is 315 Å². The maximum atomic E-state index is 4.88. The molecule has 0 unspecified atom stereocenters. The minimum Gasteiger partial charge on any atom is -0.341 e. The van der Waals surface area contributed by atoms with E-state index < -0.39 is 24.2 Å². The van der Waals surface area contributed by atoms with Gasteiger partial charge in [-0.2, -0.15) is 34.0 Å². The van der Waals surface area contributed by atoms with Crippen molar-refractivity contribution in [3.8, 4) is 101 Å². The quantitative estimate of drug-likeness (QED) is 0.0861. The number of hydrogen-bond acceptors (Lipinski definition) is 13. The molecule has 129 heavy (non-hydrogen) atoms. The molecule has 13 aromatic heterocycles. The molecule has 13 heterocycles. The summed E-state index contributed by atoms with van der Waals surface area (Å²) in [4.78, 5) is 48.9. The Kier molecular flexibility index (Phi) is 31.9. The Morgan fingerprint density at radius 1 is 0.271 bits per heavy atom. The second-order valence-electron chi connectivity index (χ2n) is 33.6. The van der Waals surface area contributed by atoms with Crippen LogP contribution in [-0.4, -0.2) is 74.1 Å². The van der Waals surface area contributed by atoms with Gasteiger partial charge in [-0.15, -0.1) is 167 Å². The minimum absolute atomic E-state index is 0. The smallest absolute Gasteiger partial charge is 0.114 e. The van der Waals surface area contributed by atoms with Gasteiger partial charge in [0.1, 0.15) is 9.66 Å². The number of aryl methyl sites for hydroxylation is 3. The SMILES string of the molecule is C[Si](C)(C)c1cnc(-c2[c-]cc3sc4ncccc4c3c2)cc1-c1ccccc1.Cc1cc2c(sc3n[c-]c(-c4cc(-c5ccccc5)c([Si](C)(C)C)cn4)cc32)c(C)n1.Cc1ccc2c(n1)sc1c[c-]c(-c3cc(-c4ccccc4)c([Si](C)(C)C)cn3)cc12.[Ir].[Ir].[Ir].[c-]1ccccc1-c1ccccn1.[c-]1ccccc1-c1ccccn1.[c-]1ccccc1-c1ccccn1. The van der Waals surface area contributed by atoms with E-state index in [4.69, 9.17) is 19.9 Å². The van der Waals surface area contributed by atoms with Gasteiger partial charge in [-0.05, 0) is 172 Å². The van der Waals surface area contributed by atoms with Crippen LogP contribution in [0, 0.1) is 57.3 Å². The molecule has 0 aliphatic rings. The van der Waals surface area contributed by atoms with E-state index in [1.807, 2.05) is 154 Å². The van der Waals surface area contributed by atoms with Gasteiger partial charge in [0.25, 0.3) is 0 Å². The number of nitrogens with zero attached hydrogens (tertiary/aromatic N) is 10. The topological polar surface area (TPSA) is 129 Å². The first kappa shape index (κ1) is 95.1. The van der Waals surface area contributed by atoms with E-state index in [0.29, 0.717) is 0 Å². The van der Waals surface area contributed by atoms with Crippen molar-refractivity contribution in [2.24, 2.45) is 0 Å². The minimum atomic E-state index is -1.56. The van der Waals surface area contributed by atoms with Crippen LogP contribution >= 0.6 is 34.0 Å². The third-order valence-electron chi connectivity index (χ3n) is 21.3. The Morgan fingerprint density at radius 2 is 0.659 bits per heavy atom. The maximum absolute atomic E-state index is 4.88. The van der Waals surface area contributed by atoms with E-state index in [1.165, 1.54) is 90.0 Å². The van der Waals surface area contributed by atoms with Crippen LogP contribution in [0.2, 0.25) is 58.9 Å². The third kappa shape index (κ3) is 23.2. The zero-order chi connectivity index (χ0) is 87.3. The molecule has 0 aliphatic carbocycles. The second kappa shape index (κ2) is 43.3. The van der Waals surface area contributed by atoms with Crippen molar-refractivity contribution in [2.75, 3.05) is 0 Å². The zero-order valence-electron chi connectivity index (χ0n) is 73.5. The summed E-state index contributed by atoms with van der Waals surface area (Å²) in [6.45, 7) is 27.5. The molecule has 21 rings (SSSR count). The number of rotatable bonds is 12. The molecule has 10 nitrogen and oxygen atoms in total. The molecule has 3 radical (unpaired) electrons. The molecule has 8 aromatic carbocycles. The van der Waals surface area contributed by atoms with Gasteiger partial charge in [-0.3, -0.25) is 4.98 Å². The molecule has 0 fully saturated rings. The first-order chi connectivity index (χ1) is 61.1. The van der Waals surface area contributed by atoms with Crippen molar-refractivity contribution in [1.29, 1.82) is 0 Å². The van der Waals surface area contributed by atoms with Crippen LogP contribution in [0.1, 0.15) is 17.1 Å². The summed E-state index contributed by atoms with van der Waals surface area (Å²) < 4.78 is 3.63. The molecular formula is C110H92Ir3N10S3Si3-6. The number of fused-ring (bicyclic) bond motifs is 9. The van der Waals surface area contributed by atoms with Gasteiger partial charge in [0.2, 0.25) is 0 Å². The molecule has 0 aliphatic heterocycles. The Balaban J connectivity index is 0.000000137. The number of aromatic nitrogens is 10. The van der Waals surface area contributed by atoms with Crippen molar-refractivity contribution < 1.29 is 60.3 Å². The normalized spacial score (nSPS) is 11.1. The van der Waals surface area contributed by atoms with Crippen molar-refractivity contribution in [2.45, 2.75) is 79.7 Å². The molecule has 19 heteroatoms. The molecule has 0 saturated heterocycles. The van der Waals surface area contributed by atoms with E-state index >= 15 is 0 Å². The number of thiophene rings is 3. The average molecular weight is 2310 g/mol. The first-order valence-electron chi connectivity index (χ1n) is 41.9. The van der Waals surface area contributed by atoms with Crippen LogP contribution in [0.3, 0.4) is 0 Å². The number of pyridine rings is 10. The molecule has 0 spiro atoms. The largest absolute Gasteiger partial charge is 0.341 e. The number of hydrogen-bond donors (Lipinski definition) is 0. The standard InChI is InChI=1S/C26H24N3SSi.C26H23N2SSi.C25H21N2SSi.3C11H8N.3Ir/c1-16-11-21-22-12-19(14-28-26(22)30-25(21)17(2)29-16)23-13-20(18-9-7-6-8-10-18)24(15-27-23)31(3,4)5;1-17-10-12-20-22-14-19(11-13-24(22)29-26(20)28-17)23-15-21(18-8-6-5-7-9-18)25(16-27-23)30(2,3)4;1-29(2,3)24-16-27-22(15-20(24)17-8-5-4-6-9-17)18-11-12-23-21(14-18)19-10-7-13-26-25(19)28-23;3*1-2-6-10(7-3-1)11-8-4-5-9-12-11;;;/h6-13,15H,1-5H3;5-10,12-16H,1-4H3;4-10,12-16H,1-3H3;3*1-6,8-9H;;;/q6*-1;;;. The molecule has 0 bridgehead atoms. The van der Waals surface area contributed by atoms with Crippen LogP contribution < -0.4 is 15.6 Å². The van der Waals surface area contributed by atoms with Gasteiger partial charge in [0.05, 0.1) is 29.9 Å². The fourth-order valence-corrected chi connectivity index (χ4v) is 22.5. The van der Waals surface area contributed by atoms with Crippen LogP contribution in [0.4, 0.5) is 0 Å². The molecule has 21 aromatic rings. The average Bonchev–Trinajstić information content (AvgIpc) is 1.54. The summed E-state index contributed by atoms with van der Waals surface area (Å²) in [6.07, 6.45) is 16.7. The zero-order valence-corrected chi connectivity index (χ0v) is 86.2. The van der Waals surface area contributed by atoms with Gasteiger partial charge >= 0.3 is 0 Å². The Hall–Kier alpha value is -11.5. The Bertz CT molecular complexity index is 7010. The van der Waals surface area contributed by atoms with Crippen LogP contribution in [0.15, 0.2) is 341 Å². The summed E-state index contributed by atoms with van der Waals surface area (Å²) in [7, 11) is -4.63. The van der Waals surface area contributed by atoms with E-state index in [-0.39, 0.29) is 60.3 Å². The van der Waals surface area contributed by atoms with Crippen molar-refractivity contribution in [3.63, 3.8) is 0 Å². The second-order valence-corrected chi connectivity index (χ2v) is 51.8. The molecular weight excluding hydrogens is 2220 g/mol. The molecule has 0 atom stereocenters. The van der Waals surface area contributed by atoms with Gasteiger partial charge in [-0.1, -0.05) is 233 Å². The van der Waals surface area contributed by atoms with Crippen LogP contribution in [0.5, 0.6) is 0 Å². The molecule has 0 saturated carbocycles. The van der Waals surface area contributed by atoms with E-state index in [9.17, 15) is 0 Å². The predicted molar refractivity (Wildman–Crippen MR) is 540 cm³/mol. The summed E-state index contributed by atoms with van der Waals surface area (Å²) in [5.74, 6) is 0. The van der Waals surface area contributed by atoms with Crippen molar-refractivity contribution in [3.05, 3.63) is 394 Å². The summed E-state index contributed by atoms with van der Waals surface area (Å²) in [6, 6.07) is 117. The summed E-state index contributed by atoms with van der Waals surface area (Å²) in [5.41, 5.74) is 22.6. The number of benzene rings is 8. The molecule has 645 valence electrons. The maximum Gasteiger partial charge on any atom is 0.114 e. The van der Waals surface area contributed by atoms with E-state index in [1.54, 1.807) is 52.6 Å². The van der Waals surface area contributed by atoms with Gasteiger partial charge in [0.15, 0.2) is 0 Å². The predicted octanol–water partition coefficient (Wildman–Crippen LogP) is 27.5. The monoisotopic (exact) mass is 2310 g/mol. The van der Waals surface area contributed by atoms with Crippen LogP contribution in [0.25, 0.3) is 162 Å². The van der Waals surface area contributed by atoms with Crippen molar-refractivity contribution in [1.82, 2.24) is 49.8 Å². The fraction of sp³-hybridized carbons (Fsp3) is 0.109. The van der Waals surface area contributed by atoms with E-state index in [0.717, 1.165) is 105 Å². The van der Waals surface area contributed by atoms with Gasteiger partial charge in [0, 0.05) is 125 Å². The molecule has 0 amide bonds. The van der Waals surface area contributed by atoms with Crippen LogP contribution in [-0.2, 0) is 60.3 Å². The third-order valence-corrected chi connectivity index (χ3v) is 30.7. The van der Waals surface area contributed by atoms with Gasteiger partial charge in [-0.25, -0.2) is 9.97 Å². The summed E-state index contributed by atoms with van der Waals surface area (Å²) in [5, 5.41) is 11.4. The fourth-order valence-electron chi connectivity index (χ4n) is 15.0. The Labute approximate surface area is 811 Å². The van der Waals surface area contributed by atoms with Gasteiger partial charge < -0.3 is 34.9 Å². The molecule has 0 N–H and O–H groups in total. The Morgan fingerprint density at radius 3 is 1.06 bits per heavy atom. The first-order valence-corrected chi connectivity index (χ1v) is 54.9. The van der Waals surface area contributed by atoms with Crippen molar-refractivity contribution >= 4 is 135 Å². The summed E-state index contributed by atoms with van der Waals surface area (Å²) >= 11 is 5.13.